The summed E-state index contributed by atoms with van der Waals surface area (Å²) in [4.78, 5) is 18.7. The average Bonchev–Trinajstić information content (AvgIpc) is 3.32. The Morgan fingerprint density at radius 1 is 1.28 bits per heavy atom. The number of amides is 1. The van der Waals surface area contributed by atoms with Gasteiger partial charge >= 0.3 is 0 Å². The molecular weight excluding hydrogens is 366 g/mol. The summed E-state index contributed by atoms with van der Waals surface area (Å²) in [6.07, 6.45) is 5.41. The zero-order chi connectivity index (χ0) is 20.2. The smallest absolute Gasteiger partial charge is 0.298 e. The van der Waals surface area contributed by atoms with E-state index in [4.69, 9.17) is 15.6 Å². The number of ether oxygens (including phenoxy) is 1. The van der Waals surface area contributed by atoms with Crippen molar-refractivity contribution in [1.29, 1.82) is 0 Å². The number of fused-ring (bicyclic) bond motifs is 2. The van der Waals surface area contributed by atoms with Crippen molar-refractivity contribution < 1.29 is 13.9 Å². The molecule has 29 heavy (non-hydrogen) atoms. The fourth-order valence-electron chi connectivity index (χ4n) is 3.44. The number of nitrogens with one attached hydrogen (secondary N) is 1. The molecular formula is C23H23N3O3. The molecule has 6 heteroatoms. The molecule has 6 nitrogen and oxygen atoms in total. The van der Waals surface area contributed by atoms with E-state index < -0.39 is 0 Å². The average molecular weight is 389 g/mol. The Bertz CT molecular complexity index is 1080. The quantitative estimate of drug-likeness (QED) is 0.496. The first-order valence-electron chi connectivity index (χ1n) is 9.63. The van der Waals surface area contributed by atoms with Gasteiger partial charge in [-0.15, -0.1) is 6.42 Å². The fourth-order valence-corrected chi connectivity index (χ4v) is 3.44. The number of hydrogen-bond acceptors (Lipinski definition) is 5. The molecule has 1 N–H and O–H groups in total. The van der Waals surface area contributed by atoms with Gasteiger partial charge in [0.2, 0.25) is 5.91 Å². The first kappa shape index (κ1) is 19.0. The zero-order valence-electron chi connectivity index (χ0n) is 16.4. The molecule has 1 aromatic heterocycles. The molecule has 0 saturated heterocycles. The molecule has 0 atom stereocenters. The van der Waals surface area contributed by atoms with E-state index >= 15 is 0 Å². The Morgan fingerprint density at radius 2 is 2.14 bits per heavy atom. The van der Waals surface area contributed by atoms with E-state index in [-0.39, 0.29) is 12.5 Å². The highest BCUT2D eigenvalue weighted by Crippen LogP contribution is 2.31. The minimum absolute atomic E-state index is 0.0501. The van der Waals surface area contributed by atoms with Crippen molar-refractivity contribution in [2.24, 2.45) is 0 Å². The van der Waals surface area contributed by atoms with Crippen LogP contribution >= 0.6 is 0 Å². The van der Waals surface area contributed by atoms with Crippen molar-refractivity contribution in [2.75, 3.05) is 18.1 Å². The summed E-state index contributed by atoms with van der Waals surface area (Å²) in [5.41, 5.74) is 6.39. The maximum absolute atomic E-state index is 11.9. The molecule has 1 aliphatic heterocycles. The van der Waals surface area contributed by atoms with Crippen LogP contribution in [0.1, 0.15) is 28.7 Å². The number of oxazole rings is 1. The monoisotopic (exact) mass is 389 g/mol. The molecule has 1 amide bonds. The van der Waals surface area contributed by atoms with Crippen LogP contribution in [-0.4, -0.2) is 24.1 Å². The Labute approximate surface area is 169 Å². The number of nitrogens with zero attached hydrogens (tertiary/aromatic N) is 2. The molecule has 0 fully saturated rings. The lowest BCUT2D eigenvalue weighted by Gasteiger charge is -2.11. The van der Waals surface area contributed by atoms with Crippen LogP contribution < -0.4 is 10.2 Å². The van der Waals surface area contributed by atoms with Crippen molar-refractivity contribution in [3.63, 3.8) is 0 Å². The third kappa shape index (κ3) is 4.41. The molecule has 2 aromatic carbocycles. The van der Waals surface area contributed by atoms with Crippen LogP contribution in [0.5, 0.6) is 0 Å². The highest BCUT2D eigenvalue weighted by Gasteiger charge is 2.23. The second kappa shape index (κ2) is 8.38. The predicted molar refractivity (Wildman–Crippen MR) is 111 cm³/mol. The minimum atomic E-state index is -0.0501. The second-order valence-corrected chi connectivity index (χ2v) is 7.21. The van der Waals surface area contributed by atoms with Gasteiger partial charge in [0.05, 0.1) is 13.0 Å². The highest BCUT2D eigenvalue weighted by molar-refractivity contribution is 5.76. The first-order chi connectivity index (χ1) is 14.1. The number of anilines is 1. The van der Waals surface area contributed by atoms with E-state index in [0.717, 1.165) is 35.3 Å². The molecule has 148 valence electrons. The number of benzene rings is 2. The van der Waals surface area contributed by atoms with Crippen molar-refractivity contribution in [2.45, 2.75) is 33.0 Å². The normalized spacial score (nSPS) is 12.8. The molecule has 0 saturated carbocycles. The van der Waals surface area contributed by atoms with Gasteiger partial charge in [-0.3, -0.25) is 4.79 Å². The summed E-state index contributed by atoms with van der Waals surface area (Å²) in [5.74, 6) is 2.33. The molecule has 3 aromatic rings. The number of carbonyl (C=O) groups excluding carboxylic acids is 1. The van der Waals surface area contributed by atoms with Crippen LogP contribution in [-0.2, 0) is 29.2 Å². The lowest BCUT2D eigenvalue weighted by atomic mass is 10.1. The highest BCUT2D eigenvalue weighted by atomic mass is 16.5. The van der Waals surface area contributed by atoms with E-state index in [0.29, 0.717) is 25.6 Å². The summed E-state index contributed by atoms with van der Waals surface area (Å²) in [7, 11) is 0. The maximum atomic E-state index is 11.9. The standard InChI is InChI=1S/C23H23N3O3/c1-3-9-28-10-8-22(27)24-13-17-5-6-18-14-26(15-19(18)12-17)23-25-20-11-16(2)4-7-21(20)29-23/h1,4-7,11-12H,8-10,13-15H2,2H3,(H,24,27). The first-order valence-corrected chi connectivity index (χ1v) is 9.63. The van der Waals surface area contributed by atoms with Crippen LogP contribution in [0.4, 0.5) is 6.01 Å². The van der Waals surface area contributed by atoms with Crippen molar-refractivity contribution in [1.82, 2.24) is 10.3 Å². The van der Waals surface area contributed by atoms with E-state index in [1.165, 1.54) is 11.1 Å². The van der Waals surface area contributed by atoms with Crippen LogP contribution in [0, 0.1) is 19.3 Å². The number of aromatic nitrogens is 1. The minimum Gasteiger partial charge on any atom is -0.423 e. The van der Waals surface area contributed by atoms with Crippen molar-refractivity contribution >= 4 is 23.0 Å². The van der Waals surface area contributed by atoms with Crippen molar-refractivity contribution in [3.05, 3.63) is 58.7 Å². The number of hydrogen-bond donors (Lipinski definition) is 1. The van der Waals surface area contributed by atoms with Gasteiger partial charge in [-0.25, -0.2) is 0 Å². The molecule has 0 unspecified atom stereocenters. The van der Waals surface area contributed by atoms with Gasteiger partial charge in [-0.1, -0.05) is 30.2 Å². The topological polar surface area (TPSA) is 67.6 Å². The zero-order valence-corrected chi connectivity index (χ0v) is 16.4. The second-order valence-electron chi connectivity index (χ2n) is 7.21. The number of carbonyl (C=O) groups is 1. The molecule has 1 aliphatic rings. The van der Waals surface area contributed by atoms with E-state index in [1.54, 1.807) is 0 Å². The lowest BCUT2D eigenvalue weighted by molar-refractivity contribution is -0.122. The Morgan fingerprint density at radius 3 is 3.00 bits per heavy atom. The lowest BCUT2D eigenvalue weighted by Crippen LogP contribution is -2.24. The van der Waals surface area contributed by atoms with Gasteiger partial charge in [0.25, 0.3) is 6.01 Å². The third-order valence-corrected chi connectivity index (χ3v) is 4.94. The molecule has 0 radical (unpaired) electrons. The summed E-state index contributed by atoms with van der Waals surface area (Å²) < 4.78 is 11.1. The van der Waals surface area contributed by atoms with Gasteiger partial charge in [0.15, 0.2) is 5.58 Å². The van der Waals surface area contributed by atoms with Crippen LogP contribution in [0.25, 0.3) is 11.1 Å². The van der Waals surface area contributed by atoms with E-state index in [9.17, 15) is 4.79 Å². The van der Waals surface area contributed by atoms with E-state index in [2.05, 4.69) is 33.3 Å². The Kier molecular flexibility index (Phi) is 5.50. The van der Waals surface area contributed by atoms with Gasteiger partial charge < -0.3 is 19.4 Å². The predicted octanol–water partition coefficient (Wildman–Crippen LogP) is 3.31. The molecule has 4 rings (SSSR count). The fraction of sp³-hybridized carbons (Fsp3) is 0.304. The summed E-state index contributed by atoms with van der Waals surface area (Å²) >= 11 is 0. The van der Waals surface area contributed by atoms with Gasteiger partial charge in [-0.2, -0.15) is 4.98 Å². The molecule has 0 bridgehead atoms. The Hall–Kier alpha value is -3.30. The summed E-state index contributed by atoms with van der Waals surface area (Å²) in [5, 5.41) is 2.92. The van der Waals surface area contributed by atoms with E-state index in [1.807, 2.05) is 31.2 Å². The Balaban J connectivity index is 1.36. The van der Waals surface area contributed by atoms with Gasteiger partial charge in [-0.05, 0) is 41.3 Å². The SMILES string of the molecule is C#CCOCCC(=O)NCc1ccc2c(c1)CN(c1nc3cc(C)ccc3o1)C2. The third-order valence-electron chi connectivity index (χ3n) is 4.94. The molecule has 0 spiro atoms. The van der Waals surface area contributed by atoms with Crippen LogP contribution in [0.15, 0.2) is 40.8 Å². The summed E-state index contributed by atoms with van der Waals surface area (Å²) in [6.45, 7) is 4.60. The number of terminal acetylenes is 1. The van der Waals surface area contributed by atoms with Crippen molar-refractivity contribution in [3.8, 4) is 12.3 Å². The number of rotatable bonds is 7. The van der Waals surface area contributed by atoms with Crippen LogP contribution in [0.2, 0.25) is 0 Å². The summed E-state index contributed by atoms with van der Waals surface area (Å²) in [6, 6.07) is 13.0. The maximum Gasteiger partial charge on any atom is 0.298 e. The van der Waals surface area contributed by atoms with Crippen LogP contribution in [0.3, 0.4) is 0 Å². The van der Waals surface area contributed by atoms with Gasteiger partial charge in [0.1, 0.15) is 12.1 Å². The number of aryl methyl sites for hydroxylation is 1. The van der Waals surface area contributed by atoms with Gasteiger partial charge in [0, 0.05) is 19.6 Å². The largest absolute Gasteiger partial charge is 0.423 e. The molecule has 0 aliphatic carbocycles. The molecule has 2 heterocycles.